The van der Waals surface area contributed by atoms with E-state index >= 15 is 0 Å². The van der Waals surface area contributed by atoms with Crippen LogP contribution >= 0.6 is 11.6 Å². The lowest BCUT2D eigenvalue weighted by atomic mass is 10.1. The molecule has 8 heteroatoms. The third-order valence-electron chi connectivity index (χ3n) is 4.97. The van der Waals surface area contributed by atoms with Crippen molar-refractivity contribution in [2.45, 2.75) is 18.9 Å². The monoisotopic (exact) mass is 397 g/mol. The lowest BCUT2D eigenvalue weighted by Crippen LogP contribution is -2.30. The predicted octanol–water partition coefficient (Wildman–Crippen LogP) is 4.10. The van der Waals surface area contributed by atoms with Crippen molar-refractivity contribution < 1.29 is 18.8 Å². The average Bonchev–Trinajstić information content (AvgIpc) is 3.46. The number of likely N-dealkylation sites (tertiary alicyclic amines) is 1. The number of benzene rings is 2. The van der Waals surface area contributed by atoms with Gasteiger partial charge in [-0.05, 0) is 43.2 Å². The summed E-state index contributed by atoms with van der Waals surface area (Å²) in [6, 6.07) is 12.3. The highest BCUT2D eigenvalue weighted by molar-refractivity contribution is 6.33. The number of hydrogen-bond acceptors (Lipinski definition) is 6. The minimum atomic E-state index is -0.262. The minimum Gasteiger partial charge on any atom is -0.454 e. The van der Waals surface area contributed by atoms with Crippen molar-refractivity contribution in [2.24, 2.45) is 0 Å². The summed E-state index contributed by atoms with van der Waals surface area (Å²) in [5.41, 5.74) is 1.24. The van der Waals surface area contributed by atoms with Crippen LogP contribution in [0.25, 0.3) is 11.4 Å². The van der Waals surface area contributed by atoms with Crippen molar-refractivity contribution in [1.82, 2.24) is 15.0 Å². The highest BCUT2D eigenvalue weighted by Gasteiger charge is 2.35. The molecule has 1 aromatic heterocycles. The van der Waals surface area contributed by atoms with E-state index in [0.717, 1.165) is 12.8 Å². The van der Waals surface area contributed by atoms with Gasteiger partial charge in [-0.2, -0.15) is 4.98 Å². The first-order chi connectivity index (χ1) is 13.7. The summed E-state index contributed by atoms with van der Waals surface area (Å²) in [7, 11) is 0. The van der Waals surface area contributed by atoms with Crippen molar-refractivity contribution in [2.75, 3.05) is 13.3 Å². The fourth-order valence-corrected chi connectivity index (χ4v) is 3.80. The molecule has 0 spiro atoms. The van der Waals surface area contributed by atoms with Crippen LogP contribution in [-0.4, -0.2) is 34.3 Å². The van der Waals surface area contributed by atoms with E-state index in [-0.39, 0.29) is 18.7 Å². The van der Waals surface area contributed by atoms with E-state index in [1.165, 1.54) is 0 Å². The van der Waals surface area contributed by atoms with E-state index in [1.54, 1.807) is 29.2 Å². The summed E-state index contributed by atoms with van der Waals surface area (Å²) in [6.45, 7) is 0.799. The van der Waals surface area contributed by atoms with Crippen molar-refractivity contribution >= 4 is 17.5 Å². The summed E-state index contributed by atoms with van der Waals surface area (Å²) in [4.78, 5) is 19.4. The van der Waals surface area contributed by atoms with Crippen LogP contribution in [0.2, 0.25) is 5.02 Å². The molecule has 0 unspecified atom stereocenters. The maximum absolute atomic E-state index is 13.1. The normalized spacial score (nSPS) is 17.9. The highest BCUT2D eigenvalue weighted by Crippen LogP contribution is 2.37. The van der Waals surface area contributed by atoms with Gasteiger partial charge in [0.15, 0.2) is 11.5 Å². The van der Waals surface area contributed by atoms with Crippen molar-refractivity contribution in [3.63, 3.8) is 0 Å². The van der Waals surface area contributed by atoms with E-state index < -0.39 is 0 Å². The fraction of sp³-hybridized carbons (Fsp3) is 0.250. The molecular weight excluding hydrogens is 382 g/mol. The van der Waals surface area contributed by atoms with Crippen molar-refractivity contribution in [3.05, 3.63) is 58.9 Å². The van der Waals surface area contributed by atoms with Gasteiger partial charge in [0.2, 0.25) is 18.5 Å². The summed E-state index contributed by atoms with van der Waals surface area (Å²) >= 11 is 6.23. The lowest BCUT2D eigenvalue weighted by molar-refractivity contribution is 0.0709. The third-order valence-corrected chi connectivity index (χ3v) is 5.30. The molecule has 1 amide bonds. The van der Waals surface area contributed by atoms with Gasteiger partial charge in [-0.1, -0.05) is 28.9 Å². The first-order valence-corrected chi connectivity index (χ1v) is 9.37. The van der Waals surface area contributed by atoms with E-state index in [4.69, 9.17) is 25.6 Å². The smallest absolute Gasteiger partial charge is 0.254 e. The van der Waals surface area contributed by atoms with Crippen LogP contribution in [0.15, 0.2) is 47.0 Å². The molecule has 2 aliphatic heterocycles. The Balaban J connectivity index is 1.41. The van der Waals surface area contributed by atoms with E-state index in [2.05, 4.69) is 10.1 Å². The molecule has 3 aromatic rings. The average molecular weight is 398 g/mol. The molecular formula is C20H16ClN3O4. The lowest BCUT2D eigenvalue weighted by Gasteiger charge is -2.22. The molecule has 0 radical (unpaired) electrons. The molecule has 1 atom stereocenters. The quantitative estimate of drug-likeness (QED) is 0.662. The second-order valence-corrected chi connectivity index (χ2v) is 7.07. The molecule has 142 valence electrons. The van der Waals surface area contributed by atoms with Gasteiger partial charge < -0.3 is 18.9 Å². The molecule has 2 aromatic carbocycles. The molecule has 2 aliphatic rings. The molecule has 3 heterocycles. The van der Waals surface area contributed by atoms with Gasteiger partial charge in [0.1, 0.15) is 6.04 Å². The standard InChI is InChI=1S/C20H16ClN3O4/c21-14-5-2-1-4-13(14)18-22-19(28-23-18)15-6-3-9-24(15)20(25)12-7-8-16-17(10-12)27-11-26-16/h1-2,4-5,7-8,10,15H,3,6,9,11H2/t15-/m1/s1. The summed E-state index contributed by atoms with van der Waals surface area (Å²) in [5.74, 6) is 1.97. The van der Waals surface area contributed by atoms with Crippen LogP contribution in [0, 0.1) is 0 Å². The van der Waals surface area contributed by atoms with Crippen LogP contribution in [-0.2, 0) is 0 Å². The number of halogens is 1. The van der Waals surface area contributed by atoms with Crippen molar-refractivity contribution in [1.29, 1.82) is 0 Å². The van der Waals surface area contributed by atoms with Gasteiger partial charge in [-0.15, -0.1) is 0 Å². The molecule has 0 aliphatic carbocycles. The Labute approximate surface area is 165 Å². The summed E-state index contributed by atoms with van der Waals surface area (Å²) < 4.78 is 16.2. The predicted molar refractivity (Wildman–Crippen MR) is 100 cm³/mol. The maximum Gasteiger partial charge on any atom is 0.254 e. The second kappa shape index (κ2) is 6.83. The molecule has 1 saturated heterocycles. The van der Waals surface area contributed by atoms with Crippen molar-refractivity contribution in [3.8, 4) is 22.9 Å². The molecule has 0 saturated carbocycles. The first-order valence-electron chi connectivity index (χ1n) is 9.00. The Morgan fingerprint density at radius 2 is 2.00 bits per heavy atom. The van der Waals surface area contributed by atoms with Crippen LogP contribution in [0.4, 0.5) is 0 Å². The van der Waals surface area contributed by atoms with E-state index in [1.807, 2.05) is 18.2 Å². The van der Waals surface area contributed by atoms with Crippen LogP contribution in [0.3, 0.4) is 0 Å². The number of amides is 1. The van der Waals surface area contributed by atoms with Gasteiger partial charge in [0.05, 0.1) is 5.02 Å². The number of rotatable bonds is 3. The molecule has 0 N–H and O–H groups in total. The summed E-state index contributed by atoms with van der Waals surface area (Å²) in [6.07, 6.45) is 1.63. The number of ether oxygens (including phenoxy) is 2. The molecule has 7 nitrogen and oxygen atoms in total. The van der Waals surface area contributed by atoms with Crippen LogP contribution in [0.5, 0.6) is 11.5 Å². The van der Waals surface area contributed by atoms with Gasteiger partial charge in [-0.3, -0.25) is 4.79 Å². The Kier molecular flexibility index (Phi) is 4.16. The number of aromatic nitrogens is 2. The zero-order valence-electron chi connectivity index (χ0n) is 14.8. The number of carbonyl (C=O) groups excluding carboxylic acids is 1. The number of hydrogen-bond donors (Lipinski definition) is 0. The SMILES string of the molecule is O=C(c1ccc2c(c1)OCO2)N1CCC[C@@H]1c1nc(-c2ccccc2Cl)no1. The van der Waals surface area contributed by atoms with Gasteiger partial charge in [-0.25, -0.2) is 0 Å². The second-order valence-electron chi connectivity index (χ2n) is 6.66. The number of fused-ring (bicyclic) bond motifs is 1. The van der Waals surface area contributed by atoms with E-state index in [0.29, 0.717) is 45.9 Å². The van der Waals surface area contributed by atoms with Gasteiger partial charge in [0.25, 0.3) is 5.91 Å². The molecule has 28 heavy (non-hydrogen) atoms. The van der Waals surface area contributed by atoms with Crippen LogP contribution in [0.1, 0.15) is 35.1 Å². The zero-order valence-corrected chi connectivity index (χ0v) is 15.6. The maximum atomic E-state index is 13.1. The Morgan fingerprint density at radius 3 is 2.89 bits per heavy atom. The van der Waals surface area contributed by atoms with Gasteiger partial charge >= 0.3 is 0 Å². The Morgan fingerprint density at radius 1 is 1.14 bits per heavy atom. The van der Waals surface area contributed by atoms with Crippen LogP contribution < -0.4 is 9.47 Å². The van der Waals surface area contributed by atoms with E-state index in [9.17, 15) is 4.79 Å². The fourth-order valence-electron chi connectivity index (χ4n) is 3.58. The minimum absolute atomic E-state index is 0.0988. The highest BCUT2D eigenvalue weighted by atomic mass is 35.5. The Bertz CT molecular complexity index is 1050. The molecule has 1 fully saturated rings. The zero-order chi connectivity index (χ0) is 19.1. The largest absolute Gasteiger partial charge is 0.454 e. The molecule has 5 rings (SSSR count). The third kappa shape index (κ3) is 2.88. The summed E-state index contributed by atoms with van der Waals surface area (Å²) in [5, 5.41) is 4.61. The Hall–Kier alpha value is -3.06. The topological polar surface area (TPSA) is 77.7 Å². The first kappa shape index (κ1) is 17.1. The van der Waals surface area contributed by atoms with Gasteiger partial charge in [0, 0.05) is 17.7 Å². The molecule has 0 bridgehead atoms. The number of nitrogens with zero attached hydrogens (tertiary/aromatic N) is 3. The number of carbonyl (C=O) groups is 1.